The van der Waals surface area contributed by atoms with E-state index >= 15 is 0 Å². The Morgan fingerprint density at radius 2 is 1.23 bits per heavy atom. The fourth-order valence-electron chi connectivity index (χ4n) is 5.84. The lowest BCUT2D eigenvalue weighted by atomic mass is 10.2. The van der Waals surface area contributed by atoms with Gasteiger partial charge in [0.2, 0.25) is 20.0 Å². The van der Waals surface area contributed by atoms with Crippen LogP contribution >= 0.6 is 15.9 Å². The van der Waals surface area contributed by atoms with Gasteiger partial charge in [0.15, 0.2) is 0 Å². The zero-order chi connectivity index (χ0) is 35.0. The molecule has 0 amide bonds. The molecule has 13 heteroatoms. The number of rotatable bonds is 10. The van der Waals surface area contributed by atoms with Gasteiger partial charge in [-0.2, -0.15) is 0 Å². The van der Waals surface area contributed by atoms with Crippen LogP contribution in [-0.2, 0) is 24.5 Å². The van der Waals surface area contributed by atoms with Gasteiger partial charge in [0.25, 0.3) is 8.32 Å². The lowest BCUT2D eigenvalue weighted by molar-refractivity contribution is 0.242. The Kier molecular flexibility index (Phi) is 12.8. The first kappa shape index (κ1) is 37.9. The van der Waals surface area contributed by atoms with E-state index in [4.69, 9.17) is 4.43 Å². The summed E-state index contributed by atoms with van der Waals surface area (Å²) in [6, 6.07) is 35.1. The number of benzene rings is 4. The summed E-state index contributed by atoms with van der Waals surface area (Å²) >= 11 is 3.22. The van der Waals surface area contributed by atoms with E-state index in [1.807, 2.05) is 12.1 Å². The third-order valence-corrected chi connectivity index (χ3v) is 16.7. The van der Waals surface area contributed by atoms with Gasteiger partial charge in [-0.05, 0) is 78.0 Å². The number of nitrogens with zero attached hydrogens (tertiary/aromatic N) is 1. The van der Waals surface area contributed by atoms with Crippen LogP contribution in [0.2, 0.25) is 5.04 Å². The molecule has 0 saturated carbocycles. The molecule has 4 aromatic carbocycles. The van der Waals surface area contributed by atoms with Gasteiger partial charge in [0, 0.05) is 35.8 Å². The van der Waals surface area contributed by atoms with Crippen molar-refractivity contribution in [1.82, 2.24) is 14.8 Å². The molecule has 4 aromatic rings. The van der Waals surface area contributed by atoms with Gasteiger partial charge in [0.05, 0.1) is 16.4 Å². The van der Waals surface area contributed by atoms with Gasteiger partial charge in [-0.15, -0.1) is 0 Å². The molecule has 0 spiro atoms. The second kappa shape index (κ2) is 16.2. The molecule has 3 N–H and O–H groups in total. The van der Waals surface area contributed by atoms with Crippen LogP contribution in [0.1, 0.15) is 20.8 Å². The lowest BCUT2D eigenvalue weighted by Crippen LogP contribution is -2.68. The molecule has 0 radical (unpaired) electrons. The van der Waals surface area contributed by atoms with E-state index in [0.29, 0.717) is 6.61 Å². The van der Waals surface area contributed by atoms with Crippen molar-refractivity contribution in [3.05, 3.63) is 114 Å². The molecule has 1 saturated heterocycles. The Hall–Kier alpha value is -2.88. The fraction of sp³-hybridized carbons (Fsp3) is 0.314. The standard InChI is InChI=1S/C28H37N3O3SSi.C7H8BrNO2S/c1-28(2,3)36(26-11-7-5-8-12-26,27-13-9-6-10-14-27)34-22-23-21-31(20-19-30-23)24-15-17-25(18-16-24)35(32,33)29-4;1-9-12(10,11)7-4-2-6(8)3-5-7/h5-18,23,29-30H,19-22H2,1-4H3;2-5,9H,1H3/t23-;/m0./s1. The maximum Gasteiger partial charge on any atom is 0.261 e. The predicted molar refractivity (Wildman–Crippen MR) is 201 cm³/mol. The zero-order valence-electron chi connectivity index (χ0n) is 28.0. The van der Waals surface area contributed by atoms with Gasteiger partial charge in [-0.25, -0.2) is 26.3 Å². The highest BCUT2D eigenvalue weighted by Gasteiger charge is 2.50. The van der Waals surface area contributed by atoms with Crippen LogP contribution in [0, 0.1) is 0 Å². The number of sulfonamides is 2. The highest BCUT2D eigenvalue weighted by Crippen LogP contribution is 2.37. The SMILES string of the molecule is CNS(=O)(=O)c1ccc(Br)cc1.CNS(=O)(=O)c1ccc(N2CCN[C@H](CO[Si](c3ccccc3)(c3ccccc3)C(C)(C)C)C2)cc1. The highest BCUT2D eigenvalue weighted by atomic mass is 79.9. The van der Waals surface area contributed by atoms with Crippen LogP contribution in [-0.4, -0.2) is 71.5 Å². The molecule has 1 atom stereocenters. The van der Waals surface area contributed by atoms with Crippen LogP contribution in [0.5, 0.6) is 0 Å². The molecule has 0 bridgehead atoms. The molecule has 1 fully saturated rings. The molecule has 0 aliphatic carbocycles. The maximum absolute atomic E-state index is 12.1. The van der Waals surface area contributed by atoms with Crippen molar-refractivity contribution in [2.24, 2.45) is 0 Å². The van der Waals surface area contributed by atoms with Crippen molar-refractivity contribution in [2.45, 2.75) is 41.6 Å². The first-order chi connectivity index (χ1) is 22.7. The largest absolute Gasteiger partial charge is 0.406 e. The summed E-state index contributed by atoms with van der Waals surface area (Å²) in [5, 5.41) is 6.12. The molecule has 1 heterocycles. The van der Waals surface area contributed by atoms with Gasteiger partial charge < -0.3 is 14.6 Å². The summed E-state index contributed by atoms with van der Waals surface area (Å²) in [5.74, 6) is 0. The molecular weight excluding hydrogens is 729 g/mol. The van der Waals surface area contributed by atoms with Gasteiger partial charge in [0.1, 0.15) is 0 Å². The average Bonchev–Trinajstić information content (AvgIpc) is 3.09. The monoisotopic (exact) mass is 772 g/mol. The van der Waals surface area contributed by atoms with Crippen molar-refractivity contribution in [1.29, 1.82) is 0 Å². The molecule has 1 aliphatic heterocycles. The Balaban J connectivity index is 0.000000365. The van der Waals surface area contributed by atoms with E-state index in [1.54, 1.807) is 24.3 Å². The molecule has 1 aliphatic rings. The molecule has 0 unspecified atom stereocenters. The Morgan fingerprint density at radius 3 is 1.67 bits per heavy atom. The molecule has 9 nitrogen and oxygen atoms in total. The van der Waals surface area contributed by atoms with Crippen LogP contribution in [0.15, 0.2) is 123 Å². The topological polar surface area (TPSA) is 117 Å². The maximum atomic E-state index is 12.1. The molecular formula is C35H45BrN4O5S2Si. The second-order valence-electron chi connectivity index (χ2n) is 12.4. The Labute approximate surface area is 295 Å². The summed E-state index contributed by atoms with van der Waals surface area (Å²) < 4.78 is 59.1. The second-order valence-corrected chi connectivity index (χ2v) is 21.4. The van der Waals surface area contributed by atoms with Crippen molar-refractivity contribution in [2.75, 3.05) is 45.2 Å². The summed E-state index contributed by atoms with van der Waals surface area (Å²) in [4.78, 5) is 2.84. The first-order valence-electron chi connectivity index (χ1n) is 15.7. The number of hydrogen-bond acceptors (Lipinski definition) is 7. The van der Waals surface area contributed by atoms with E-state index < -0.39 is 28.4 Å². The van der Waals surface area contributed by atoms with Crippen molar-refractivity contribution < 1.29 is 21.3 Å². The average molecular weight is 774 g/mol. The van der Waals surface area contributed by atoms with E-state index in [2.05, 4.69) is 117 Å². The van der Waals surface area contributed by atoms with E-state index in [0.717, 1.165) is 29.8 Å². The minimum atomic E-state index is -3.44. The van der Waals surface area contributed by atoms with Gasteiger partial charge >= 0.3 is 0 Å². The van der Waals surface area contributed by atoms with Gasteiger partial charge in [-0.1, -0.05) is 97.4 Å². The van der Waals surface area contributed by atoms with E-state index in [-0.39, 0.29) is 20.9 Å². The highest BCUT2D eigenvalue weighted by molar-refractivity contribution is 9.10. The Morgan fingerprint density at radius 1 is 0.771 bits per heavy atom. The number of hydrogen-bond donors (Lipinski definition) is 3. The quantitative estimate of drug-likeness (QED) is 0.206. The summed E-state index contributed by atoms with van der Waals surface area (Å²) in [7, 11) is -6.52. The molecule has 48 heavy (non-hydrogen) atoms. The van der Waals surface area contributed by atoms with Gasteiger partial charge in [-0.3, -0.25) is 0 Å². The molecule has 258 valence electrons. The van der Waals surface area contributed by atoms with Crippen molar-refractivity contribution in [3.8, 4) is 0 Å². The van der Waals surface area contributed by atoms with E-state index in [9.17, 15) is 16.8 Å². The van der Waals surface area contributed by atoms with E-state index in [1.165, 1.54) is 36.6 Å². The first-order valence-corrected chi connectivity index (χ1v) is 21.4. The summed E-state index contributed by atoms with van der Waals surface area (Å²) in [6.45, 7) is 9.95. The van der Waals surface area contributed by atoms with Crippen LogP contribution < -0.4 is 30.0 Å². The van der Waals surface area contributed by atoms with Crippen LogP contribution in [0.3, 0.4) is 0 Å². The normalized spacial score (nSPS) is 15.8. The Bertz CT molecular complexity index is 1780. The van der Waals surface area contributed by atoms with Crippen LogP contribution in [0.4, 0.5) is 5.69 Å². The summed E-state index contributed by atoms with van der Waals surface area (Å²) in [6.07, 6.45) is 0. The molecule has 0 aromatic heterocycles. The summed E-state index contributed by atoms with van der Waals surface area (Å²) in [5.41, 5.74) is 1.02. The smallest absolute Gasteiger partial charge is 0.261 e. The van der Waals surface area contributed by atoms with Crippen LogP contribution in [0.25, 0.3) is 0 Å². The fourth-order valence-corrected chi connectivity index (χ4v) is 12.2. The third kappa shape index (κ3) is 9.01. The minimum absolute atomic E-state index is 0.0707. The molecule has 5 rings (SSSR count). The van der Waals surface area contributed by atoms with Crippen molar-refractivity contribution in [3.63, 3.8) is 0 Å². The number of anilines is 1. The van der Waals surface area contributed by atoms with Crippen molar-refractivity contribution >= 4 is 60.4 Å². The number of piperazine rings is 1. The predicted octanol–water partition coefficient (Wildman–Crippen LogP) is 4.31. The minimum Gasteiger partial charge on any atom is -0.406 e. The third-order valence-electron chi connectivity index (χ3n) is 8.35. The lowest BCUT2D eigenvalue weighted by Gasteiger charge is -2.44. The number of nitrogens with one attached hydrogen (secondary N) is 3. The number of halogens is 1. The zero-order valence-corrected chi connectivity index (χ0v) is 32.2.